The van der Waals surface area contributed by atoms with Gasteiger partial charge in [0, 0.05) is 5.56 Å². The van der Waals surface area contributed by atoms with Gasteiger partial charge in [0.15, 0.2) is 0 Å². The fourth-order valence-electron chi connectivity index (χ4n) is 2.70. The Hall–Kier alpha value is -1.91. The number of carbonyl (C=O) groups excluding carboxylic acids is 1. The van der Waals surface area contributed by atoms with E-state index in [2.05, 4.69) is 5.32 Å². The third-order valence-corrected chi connectivity index (χ3v) is 3.77. The number of halogens is 1. The highest BCUT2D eigenvalue weighted by molar-refractivity contribution is 5.98. The number of aryl methyl sites for hydroxylation is 1. The standard InChI is InChI=1S/C15H18FNO3/c1-10-7-11(9-12(16)8-10)13(18)17-15(14(19)20)5-3-2-4-6-15/h7-9H,2-6H2,1H3,(H,17,18)(H,19,20). The van der Waals surface area contributed by atoms with Crippen LogP contribution in [0.4, 0.5) is 4.39 Å². The number of carboxylic acid groups (broad SMARTS) is 1. The summed E-state index contributed by atoms with van der Waals surface area (Å²) >= 11 is 0. The molecule has 0 aliphatic heterocycles. The molecule has 5 heteroatoms. The molecule has 4 nitrogen and oxygen atoms in total. The summed E-state index contributed by atoms with van der Waals surface area (Å²) in [6.45, 7) is 1.69. The van der Waals surface area contributed by atoms with Crippen LogP contribution in [0.15, 0.2) is 18.2 Å². The smallest absolute Gasteiger partial charge is 0.329 e. The zero-order valence-electron chi connectivity index (χ0n) is 11.4. The Labute approximate surface area is 117 Å². The van der Waals surface area contributed by atoms with Gasteiger partial charge in [0.25, 0.3) is 5.91 Å². The Morgan fingerprint density at radius 3 is 2.40 bits per heavy atom. The molecule has 1 amide bonds. The normalized spacial score (nSPS) is 17.5. The average molecular weight is 279 g/mol. The molecule has 0 heterocycles. The predicted octanol–water partition coefficient (Wildman–Crippen LogP) is 2.65. The summed E-state index contributed by atoms with van der Waals surface area (Å²) in [5.74, 6) is -2.04. The second kappa shape index (κ2) is 5.61. The molecule has 1 saturated carbocycles. The zero-order chi connectivity index (χ0) is 14.8. The molecule has 0 radical (unpaired) electrons. The van der Waals surface area contributed by atoms with E-state index >= 15 is 0 Å². The number of carbonyl (C=O) groups is 2. The molecule has 0 unspecified atom stereocenters. The minimum absolute atomic E-state index is 0.161. The maximum atomic E-state index is 13.3. The minimum atomic E-state index is -1.21. The van der Waals surface area contributed by atoms with Gasteiger partial charge in [-0.3, -0.25) is 4.79 Å². The third-order valence-electron chi connectivity index (χ3n) is 3.77. The van der Waals surface area contributed by atoms with Crippen LogP contribution in [-0.2, 0) is 4.79 Å². The molecule has 0 bridgehead atoms. The quantitative estimate of drug-likeness (QED) is 0.894. The van der Waals surface area contributed by atoms with Crippen LogP contribution in [0.2, 0.25) is 0 Å². The second-order valence-corrected chi connectivity index (χ2v) is 5.42. The van der Waals surface area contributed by atoms with Gasteiger partial charge in [0.1, 0.15) is 11.4 Å². The molecule has 0 aromatic heterocycles. The number of carboxylic acids is 1. The Morgan fingerprint density at radius 2 is 1.85 bits per heavy atom. The summed E-state index contributed by atoms with van der Waals surface area (Å²) in [4.78, 5) is 23.7. The SMILES string of the molecule is Cc1cc(F)cc(C(=O)NC2(C(=O)O)CCCCC2)c1. The van der Waals surface area contributed by atoms with Crippen molar-refractivity contribution in [3.05, 3.63) is 35.1 Å². The van der Waals surface area contributed by atoms with Gasteiger partial charge in [-0.15, -0.1) is 0 Å². The van der Waals surface area contributed by atoms with Gasteiger partial charge >= 0.3 is 5.97 Å². The number of aliphatic carboxylic acids is 1. The van der Waals surface area contributed by atoms with Crippen molar-refractivity contribution in [1.29, 1.82) is 0 Å². The van der Waals surface area contributed by atoms with Crippen LogP contribution in [0.3, 0.4) is 0 Å². The Balaban J connectivity index is 2.22. The maximum Gasteiger partial charge on any atom is 0.329 e. The first kappa shape index (κ1) is 14.5. The van der Waals surface area contributed by atoms with Crippen molar-refractivity contribution in [2.75, 3.05) is 0 Å². The van der Waals surface area contributed by atoms with E-state index in [1.54, 1.807) is 13.0 Å². The van der Waals surface area contributed by atoms with Gasteiger partial charge in [0.05, 0.1) is 0 Å². The molecule has 20 heavy (non-hydrogen) atoms. The summed E-state index contributed by atoms with van der Waals surface area (Å²) in [6.07, 6.45) is 3.36. The van der Waals surface area contributed by atoms with Crippen LogP contribution in [0.5, 0.6) is 0 Å². The molecule has 1 aliphatic rings. The lowest BCUT2D eigenvalue weighted by Crippen LogP contribution is -2.55. The van der Waals surface area contributed by atoms with Crippen LogP contribution in [0, 0.1) is 12.7 Å². The van der Waals surface area contributed by atoms with Crippen LogP contribution in [0.1, 0.15) is 48.0 Å². The van der Waals surface area contributed by atoms with Crippen LogP contribution in [0.25, 0.3) is 0 Å². The number of hydrogen-bond acceptors (Lipinski definition) is 2. The molecule has 2 rings (SSSR count). The highest BCUT2D eigenvalue weighted by Gasteiger charge is 2.41. The number of hydrogen-bond donors (Lipinski definition) is 2. The second-order valence-electron chi connectivity index (χ2n) is 5.42. The highest BCUT2D eigenvalue weighted by Crippen LogP contribution is 2.29. The molecule has 1 aromatic rings. The topological polar surface area (TPSA) is 66.4 Å². The summed E-state index contributed by atoms with van der Waals surface area (Å²) in [5.41, 5.74) is -0.424. The van der Waals surface area contributed by atoms with Crippen molar-refractivity contribution in [3.63, 3.8) is 0 Å². The maximum absolute atomic E-state index is 13.3. The van der Waals surface area contributed by atoms with Crippen LogP contribution >= 0.6 is 0 Å². The number of amides is 1. The largest absolute Gasteiger partial charge is 0.480 e. The minimum Gasteiger partial charge on any atom is -0.480 e. The molecular formula is C15H18FNO3. The van der Waals surface area contributed by atoms with E-state index in [4.69, 9.17) is 0 Å². The first-order chi connectivity index (χ1) is 9.43. The van der Waals surface area contributed by atoms with Gasteiger partial charge in [-0.25, -0.2) is 9.18 Å². The lowest BCUT2D eigenvalue weighted by molar-refractivity contribution is -0.145. The first-order valence-electron chi connectivity index (χ1n) is 6.76. The fraction of sp³-hybridized carbons (Fsp3) is 0.467. The molecule has 1 aromatic carbocycles. The van der Waals surface area contributed by atoms with Crippen molar-refractivity contribution >= 4 is 11.9 Å². The lowest BCUT2D eigenvalue weighted by Gasteiger charge is -2.34. The Kier molecular flexibility index (Phi) is 4.06. The van der Waals surface area contributed by atoms with Gasteiger partial charge in [0.2, 0.25) is 0 Å². The number of benzene rings is 1. The monoisotopic (exact) mass is 279 g/mol. The molecule has 0 saturated heterocycles. The lowest BCUT2D eigenvalue weighted by atomic mass is 9.81. The van der Waals surface area contributed by atoms with Gasteiger partial charge in [-0.05, 0) is 43.5 Å². The Bertz CT molecular complexity index is 516. The molecule has 0 spiro atoms. The van der Waals surface area contributed by atoms with E-state index < -0.39 is 23.2 Å². The molecule has 108 valence electrons. The fourth-order valence-corrected chi connectivity index (χ4v) is 2.70. The van der Waals surface area contributed by atoms with E-state index in [-0.39, 0.29) is 5.56 Å². The Morgan fingerprint density at radius 1 is 1.20 bits per heavy atom. The van der Waals surface area contributed by atoms with E-state index in [0.717, 1.165) is 25.3 Å². The average Bonchev–Trinajstić information content (AvgIpc) is 2.38. The van der Waals surface area contributed by atoms with Crippen molar-refractivity contribution in [3.8, 4) is 0 Å². The van der Waals surface area contributed by atoms with Crippen molar-refractivity contribution < 1.29 is 19.1 Å². The van der Waals surface area contributed by atoms with Crippen LogP contribution < -0.4 is 5.32 Å². The number of nitrogens with one attached hydrogen (secondary N) is 1. The van der Waals surface area contributed by atoms with Crippen molar-refractivity contribution in [2.45, 2.75) is 44.6 Å². The van der Waals surface area contributed by atoms with E-state index in [1.165, 1.54) is 6.07 Å². The molecule has 0 atom stereocenters. The van der Waals surface area contributed by atoms with Gasteiger partial charge in [-0.1, -0.05) is 19.3 Å². The summed E-state index contributed by atoms with van der Waals surface area (Å²) in [5, 5.41) is 12.0. The molecule has 1 aliphatic carbocycles. The first-order valence-corrected chi connectivity index (χ1v) is 6.76. The summed E-state index contributed by atoms with van der Waals surface area (Å²) in [7, 11) is 0. The molecule has 2 N–H and O–H groups in total. The zero-order valence-corrected chi connectivity index (χ0v) is 11.4. The van der Waals surface area contributed by atoms with E-state index in [0.29, 0.717) is 18.4 Å². The van der Waals surface area contributed by atoms with Crippen LogP contribution in [-0.4, -0.2) is 22.5 Å². The molecule has 1 fully saturated rings. The van der Waals surface area contributed by atoms with E-state index in [9.17, 15) is 19.1 Å². The van der Waals surface area contributed by atoms with Gasteiger partial charge in [-0.2, -0.15) is 0 Å². The summed E-state index contributed by atoms with van der Waals surface area (Å²) in [6, 6.07) is 4.00. The highest BCUT2D eigenvalue weighted by atomic mass is 19.1. The van der Waals surface area contributed by atoms with Crippen molar-refractivity contribution in [1.82, 2.24) is 5.32 Å². The van der Waals surface area contributed by atoms with Crippen molar-refractivity contribution in [2.24, 2.45) is 0 Å². The predicted molar refractivity (Wildman–Crippen MR) is 72.1 cm³/mol. The number of rotatable bonds is 3. The van der Waals surface area contributed by atoms with E-state index in [1.807, 2.05) is 0 Å². The molecular weight excluding hydrogens is 261 g/mol. The third kappa shape index (κ3) is 2.98. The van der Waals surface area contributed by atoms with Gasteiger partial charge < -0.3 is 10.4 Å². The summed E-state index contributed by atoms with van der Waals surface area (Å²) < 4.78 is 13.3.